The maximum Gasteiger partial charge on any atom is 0.135 e. The Hall–Kier alpha value is -7.68. The van der Waals surface area contributed by atoms with Crippen LogP contribution in [0.5, 0.6) is 0 Å². The first-order valence-electron chi connectivity index (χ1n) is 19.7. The van der Waals surface area contributed by atoms with Gasteiger partial charge in [-0.15, -0.1) is 0 Å². The zero-order chi connectivity index (χ0) is 38.7. The lowest BCUT2D eigenvalue weighted by Crippen LogP contribution is -2.10. The minimum Gasteiger partial charge on any atom is -0.456 e. The number of rotatable bonds is 9. The number of hydrogen-bond acceptors (Lipinski definition) is 2. The Kier molecular flexibility index (Phi) is 9.27. The molecule has 0 aliphatic rings. The minimum atomic E-state index is 0.841. The average Bonchev–Trinajstić information content (AvgIpc) is 3.75. The smallest absolute Gasteiger partial charge is 0.135 e. The predicted octanol–water partition coefficient (Wildman–Crippen LogP) is 15.9. The SMILES string of the molecule is c1ccc(-c2cc(-c3ccccc3)cc(N(c3ccc(-c4ccccc4-c4ccccc4-c4ccccc4)cc3)c3cccc(-c4cc5ccccc5o4)c3)c2)cc1. The molecule has 0 fully saturated rings. The highest BCUT2D eigenvalue weighted by molar-refractivity contribution is 5.93. The third-order valence-corrected chi connectivity index (χ3v) is 10.9. The molecular weight excluding hydrogens is 703 g/mol. The highest BCUT2D eigenvalue weighted by Gasteiger charge is 2.19. The number of anilines is 3. The minimum absolute atomic E-state index is 0.841. The van der Waals surface area contributed by atoms with Crippen molar-refractivity contribution in [2.24, 2.45) is 0 Å². The molecule has 2 nitrogen and oxygen atoms in total. The Labute approximate surface area is 339 Å². The molecule has 0 amide bonds. The number of furan rings is 1. The summed E-state index contributed by atoms with van der Waals surface area (Å²) in [5.74, 6) is 0.841. The van der Waals surface area contributed by atoms with Gasteiger partial charge in [0.25, 0.3) is 0 Å². The average molecular weight is 742 g/mol. The van der Waals surface area contributed by atoms with Crippen LogP contribution in [-0.4, -0.2) is 0 Å². The summed E-state index contributed by atoms with van der Waals surface area (Å²) in [6, 6.07) is 84.3. The van der Waals surface area contributed by atoms with Gasteiger partial charge in [0.05, 0.1) is 0 Å². The van der Waals surface area contributed by atoms with Crippen LogP contribution in [-0.2, 0) is 0 Å². The molecule has 0 spiro atoms. The molecule has 0 saturated carbocycles. The van der Waals surface area contributed by atoms with E-state index in [1.807, 2.05) is 18.2 Å². The fourth-order valence-electron chi connectivity index (χ4n) is 8.05. The van der Waals surface area contributed by atoms with E-state index in [1.165, 1.54) is 38.9 Å². The number of benzene rings is 9. The topological polar surface area (TPSA) is 16.4 Å². The Morgan fingerprint density at radius 2 is 0.724 bits per heavy atom. The normalized spacial score (nSPS) is 11.1. The molecule has 0 saturated heterocycles. The van der Waals surface area contributed by atoms with Crippen LogP contribution >= 0.6 is 0 Å². The van der Waals surface area contributed by atoms with Gasteiger partial charge in [-0.25, -0.2) is 0 Å². The van der Waals surface area contributed by atoms with Crippen LogP contribution in [0.3, 0.4) is 0 Å². The van der Waals surface area contributed by atoms with E-state index in [2.05, 4.69) is 223 Å². The van der Waals surface area contributed by atoms with Crippen molar-refractivity contribution in [3.8, 4) is 67.0 Å². The van der Waals surface area contributed by atoms with Gasteiger partial charge in [0, 0.05) is 28.0 Å². The van der Waals surface area contributed by atoms with Crippen molar-refractivity contribution in [3.05, 3.63) is 237 Å². The molecule has 58 heavy (non-hydrogen) atoms. The van der Waals surface area contributed by atoms with Gasteiger partial charge >= 0.3 is 0 Å². The van der Waals surface area contributed by atoms with E-state index in [0.29, 0.717) is 0 Å². The summed E-state index contributed by atoms with van der Waals surface area (Å²) in [5, 5.41) is 1.09. The highest BCUT2D eigenvalue weighted by Crippen LogP contribution is 2.43. The van der Waals surface area contributed by atoms with Gasteiger partial charge in [-0.05, 0) is 110 Å². The Morgan fingerprint density at radius 1 is 0.259 bits per heavy atom. The standard InChI is InChI=1S/C56H39NO/c1-4-17-40(18-5-1)46-35-47(41-19-6-2-7-20-41)38-50(37-46)57(49-25-16-24-44(36-49)56-39-45-23-10-15-30-55(45)58-56)48-33-31-43(32-34-48)52-27-12-14-29-54(52)53-28-13-11-26-51(53)42-21-8-3-9-22-42/h1-39H. The summed E-state index contributed by atoms with van der Waals surface area (Å²) in [5.41, 5.74) is 16.9. The monoisotopic (exact) mass is 741 g/mol. The lowest BCUT2D eigenvalue weighted by atomic mass is 9.89. The molecule has 274 valence electrons. The number of hydrogen-bond donors (Lipinski definition) is 0. The summed E-state index contributed by atoms with van der Waals surface area (Å²) in [7, 11) is 0. The molecule has 0 aliphatic carbocycles. The van der Waals surface area contributed by atoms with E-state index in [9.17, 15) is 0 Å². The second-order valence-corrected chi connectivity index (χ2v) is 14.5. The molecule has 0 atom stereocenters. The lowest BCUT2D eigenvalue weighted by molar-refractivity contribution is 0.631. The van der Waals surface area contributed by atoms with E-state index < -0.39 is 0 Å². The fraction of sp³-hybridized carbons (Fsp3) is 0. The molecule has 10 rings (SSSR count). The van der Waals surface area contributed by atoms with Crippen LogP contribution < -0.4 is 4.90 Å². The van der Waals surface area contributed by atoms with Gasteiger partial charge in [-0.1, -0.05) is 182 Å². The molecule has 0 unspecified atom stereocenters. The molecule has 0 aliphatic heterocycles. The largest absolute Gasteiger partial charge is 0.456 e. The van der Waals surface area contributed by atoms with Crippen molar-refractivity contribution in [3.63, 3.8) is 0 Å². The van der Waals surface area contributed by atoms with Crippen LogP contribution in [0.4, 0.5) is 17.1 Å². The molecule has 1 heterocycles. The van der Waals surface area contributed by atoms with Gasteiger partial charge < -0.3 is 9.32 Å². The number of para-hydroxylation sites is 1. The van der Waals surface area contributed by atoms with E-state index in [0.717, 1.165) is 56.0 Å². The predicted molar refractivity (Wildman–Crippen MR) is 244 cm³/mol. The van der Waals surface area contributed by atoms with Crippen molar-refractivity contribution in [2.75, 3.05) is 4.90 Å². The van der Waals surface area contributed by atoms with Crippen molar-refractivity contribution < 1.29 is 4.42 Å². The number of nitrogens with zero attached hydrogens (tertiary/aromatic N) is 1. The van der Waals surface area contributed by atoms with Crippen LogP contribution in [0.1, 0.15) is 0 Å². The maximum absolute atomic E-state index is 6.38. The Morgan fingerprint density at radius 3 is 1.31 bits per heavy atom. The van der Waals surface area contributed by atoms with Crippen molar-refractivity contribution >= 4 is 28.0 Å². The molecule has 10 aromatic rings. The van der Waals surface area contributed by atoms with Crippen molar-refractivity contribution in [1.82, 2.24) is 0 Å². The van der Waals surface area contributed by atoms with E-state index >= 15 is 0 Å². The zero-order valence-corrected chi connectivity index (χ0v) is 31.9. The molecule has 2 heteroatoms. The second kappa shape index (κ2) is 15.5. The van der Waals surface area contributed by atoms with Gasteiger partial charge in [0.1, 0.15) is 11.3 Å². The van der Waals surface area contributed by atoms with Gasteiger partial charge in [-0.3, -0.25) is 0 Å². The Balaban J connectivity index is 1.12. The quantitative estimate of drug-likeness (QED) is 0.146. The van der Waals surface area contributed by atoms with E-state index in [1.54, 1.807) is 0 Å². The second-order valence-electron chi connectivity index (χ2n) is 14.5. The van der Waals surface area contributed by atoms with Crippen LogP contribution in [0.25, 0.3) is 77.9 Å². The molecule has 0 bridgehead atoms. The third-order valence-electron chi connectivity index (χ3n) is 10.9. The van der Waals surface area contributed by atoms with Crippen molar-refractivity contribution in [1.29, 1.82) is 0 Å². The lowest BCUT2D eigenvalue weighted by Gasteiger charge is -2.27. The Bertz CT molecular complexity index is 2890. The molecule has 0 radical (unpaired) electrons. The molecule has 0 N–H and O–H groups in total. The first-order valence-corrected chi connectivity index (χ1v) is 19.7. The third kappa shape index (κ3) is 6.89. The van der Waals surface area contributed by atoms with Crippen LogP contribution in [0.15, 0.2) is 241 Å². The zero-order valence-electron chi connectivity index (χ0n) is 31.9. The molecule has 9 aromatic carbocycles. The van der Waals surface area contributed by atoms with Crippen LogP contribution in [0, 0.1) is 0 Å². The van der Waals surface area contributed by atoms with Gasteiger partial charge in [0.2, 0.25) is 0 Å². The molecule has 1 aromatic heterocycles. The summed E-state index contributed by atoms with van der Waals surface area (Å²) in [4.78, 5) is 2.37. The molecular formula is C56H39NO. The summed E-state index contributed by atoms with van der Waals surface area (Å²) >= 11 is 0. The van der Waals surface area contributed by atoms with Gasteiger partial charge in [0.15, 0.2) is 0 Å². The van der Waals surface area contributed by atoms with Crippen LogP contribution in [0.2, 0.25) is 0 Å². The summed E-state index contributed by atoms with van der Waals surface area (Å²) in [6.45, 7) is 0. The van der Waals surface area contributed by atoms with E-state index in [4.69, 9.17) is 4.42 Å². The number of fused-ring (bicyclic) bond motifs is 1. The first-order chi connectivity index (χ1) is 28.7. The fourth-order valence-corrected chi connectivity index (χ4v) is 8.05. The van der Waals surface area contributed by atoms with E-state index in [-0.39, 0.29) is 0 Å². The van der Waals surface area contributed by atoms with Gasteiger partial charge in [-0.2, -0.15) is 0 Å². The summed E-state index contributed by atoms with van der Waals surface area (Å²) < 4.78 is 6.38. The first kappa shape index (κ1) is 34.8. The summed E-state index contributed by atoms with van der Waals surface area (Å²) in [6.07, 6.45) is 0. The van der Waals surface area contributed by atoms with Crippen molar-refractivity contribution in [2.45, 2.75) is 0 Å². The maximum atomic E-state index is 6.38. The highest BCUT2D eigenvalue weighted by atomic mass is 16.3.